The lowest BCUT2D eigenvalue weighted by atomic mass is 10.1. The van der Waals surface area contributed by atoms with Gasteiger partial charge in [-0.05, 0) is 57.5 Å². The summed E-state index contributed by atoms with van der Waals surface area (Å²) in [5.74, 6) is -0.108. The van der Waals surface area contributed by atoms with Crippen molar-refractivity contribution in [1.29, 1.82) is 0 Å². The van der Waals surface area contributed by atoms with Crippen molar-refractivity contribution in [3.05, 3.63) is 71.4 Å². The smallest absolute Gasteiger partial charge is 0.340 e. The predicted octanol–water partition coefficient (Wildman–Crippen LogP) is 4.18. The van der Waals surface area contributed by atoms with Crippen molar-refractivity contribution in [1.82, 2.24) is 19.5 Å². The van der Waals surface area contributed by atoms with Crippen LogP contribution in [0.25, 0.3) is 16.9 Å². The maximum absolute atomic E-state index is 12.8. The fraction of sp³-hybridized carbons (Fsp3) is 0.217. The molecule has 3 aromatic heterocycles. The van der Waals surface area contributed by atoms with E-state index in [0.717, 1.165) is 11.0 Å². The minimum absolute atomic E-state index is 0.240. The number of carbonyl (C=O) groups excluding carboxylic acids is 2. The van der Waals surface area contributed by atoms with Crippen LogP contribution in [0.15, 0.2) is 48.9 Å². The second-order valence-electron chi connectivity index (χ2n) is 7.54. The summed E-state index contributed by atoms with van der Waals surface area (Å²) in [7, 11) is 0. The molecule has 0 saturated heterocycles. The van der Waals surface area contributed by atoms with Gasteiger partial charge in [0.1, 0.15) is 17.8 Å². The molecule has 0 bridgehead atoms. The molecule has 31 heavy (non-hydrogen) atoms. The topological polar surface area (TPSA) is 102 Å². The van der Waals surface area contributed by atoms with Crippen molar-refractivity contribution in [2.45, 2.75) is 33.8 Å². The van der Waals surface area contributed by atoms with Gasteiger partial charge in [0.25, 0.3) is 5.91 Å². The van der Waals surface area contributed by atoms with Crippen molar-refractivity contribution in [2.24, 2.45) is 0 Å². The Bertz CT molecular complexity index is 1270. The number of benzene rings is 1. The molecule has 0 aliphatic heterocycles. The van der Waals surface area contributed by atoms with E-state index in [-0.39, 0.29) is 12.0 Å². The summed E-state index contributed by atoms with van der Waals surface area (Å²) in [6.45, 7) is 7.03. The van der Waals surface area contributed by atoms with Crippen molar-refractivity contribution in [3.8, 4) is 5.82 Å². The van der Waals surface area contributed by atoms with Crippen LogP contribution in [-0.4, -0.2) is 37.5 Å². The Kier molecular flexibility index (Phi) is 5.29. The second-order valence-corrected chi connectivity index (χ2v) is 7.54. The molecule has 3 heterocycles. The standard InChI is InChI=1S/C23H23N5O3/c1-13(2)31-23(30)20-14(3)21(26-15(20)4)22(29)27-16-9-10-19(24-11-16)28-12-25-17-7-5-6-8-18(17)28/h5-13,26H,1-4H3,(H,27,29). The molecule has 0 fully saturated rings. The molecule has 0 radical (unpaired) electrons. The van der Waals surface area contributed by atoms with Gasteiger partial charge in [-0.3, -0.25) is 9.36 Å². The van der Waals surface area contributed by atoms with Gasteiger partial charge in [-0.15, -0.1) is 0 Å². The monoisotopic (exact) mass is 417 g/mol. The van der Waals surface area contributed by atoms with Crippen LogP contribution < -0.4 is 5.32 Å². The number of anilines is 1. The summed E-state index contributed by atoms with van der Waals surface area (Å²) in [4.78, 5) is 37.0. The Balaban J connectivity index is 1.54. The molecule has 0 aliphatic carbocycles. The number of carbonyl (C=O) groups is 2. The van der Waals surface area contributed by atoms with Gasteiger partial charge in [-0.1, -0.05) is 12.1 Å². The second kappa shape index (κ2) is 8.06. The number of pyridine rings is 1. The number of aromatic nitrogens is 4. The van der Waals surface area contributed by atoms with Crippen molar-refractivity contribution in [3.63, 3.8) is 0 Å². The number of hydrogen-bond donors (Lipinski definition) is 2. The minimum Gasteiger partial charge on any atom is -0.459 e. The third-order valence-corrected chi connectivity index (χ3v) is 4.92. The average Bonchev–Trinajstić information content (AvgIpc) is 3.28. The molecule has 0 atom stereocenters. The molecule has 8 nitrogen and oxygen atoms in total. The van der Waals surface area contributed by atoms with Crippen molar-refractivity contribution in [2.75, 3.05) is 5.32 Å². The van der Waals surface area contributed by atoms with Gasteiger partial charge in [0, 0.05) is 5.69 Å². The molecular formula is C23H23N5O3. The van der Waals surface area contributed by atoms with Gasteiger partial charge in [-0.25, -0.2) is 14.8 Å². The number of H-pyrrole nitrogens is 1. The van der Waals surface area contributed by atoms with Crippen LogP contribution in [0.2, 0.25) is 0 Å². The predicted molar refractivity (Wildman–Crippen MR) is 118 cm³/mol. The first-order chi connectivity index (χ1) is 14.8. The number of imidazole rings is 1. The molecule has 4 aromatic rings. The Morgan fingerprint density at radius 2 is 1.87 bits per heavy atom. The first-order valence-electron chi connectivity index (χ1n) is 9.95. The highest BCUT2D eigenvalue weighted by molar-refractivity contribution is 6.06. The van der Waals surface area contributed by atoms with Crippen molar-refractivity contribution < 1.29 is 14.3 Å². The SMILES string of the molecule is Cc1[nH]c(C(=O)Nc2ccc(-n3cnc4ccccc43)nc2)c(C)c1C(=O)OC(C)C. The summed E-state index contributed by atoms with van der Waals surface area (Å²) >= 11 is 0. The highest BCUT2D eigenvalue weighted by Gasteiger charge is 2.23. The van der Waals surface area contributed by atoms with Gasteiger partial charge in [0.2, 0.25) is 0 Å². The number of aryl methyl sites for hydroxylation is 1. The van der Waals surface area contributed by atoms with E-state index in [1.54, 1.807) is 46.3 Å². The van der Waals surface area contributed by atoms with E-state index in [0.29, 0.717) is 34.0 Å². The van der Waals surface area contributed by atoms with E-state index in [1.807, 2.05) is 34.9 Å². The minimum atomic E-state index is -0.445. The molecule has 1 aromatic carbocycles. The number of para-hydroxylation sites is 2. The van der Waals surface area contributed by atoms with E-state index in [4.69, 9.17) is 4.74 Å². The molecule has 8 heteroatoms. The van der Waals surface area contributed by atoms with Crippen LogP contribution in [0.4, 0.5) is 5.69 Å². The zero-order valence-electron chi connectivity index (χ0n) is 17.8. The van der Waals surface area contributed by atoms with E-state index in [1.165, 1.54) is 0 Å². The van der Waals surface area contributed by atoms with Gasteiger partial charge in [-0.2, -0.15) is 0 Å². The van der Waals surface area contributed by atoms with E-state index < -0.39 is 5.97 Å². The number of rotatable bonds is 5. The molecule has 0 aliphatic rings. The normalized spacial score (nSPS) is 11.1. The number of aromatic amines is 1. The zero-order valence-corrected chi connectivity index (χ0v) is 17.8. The number of esters is 1. The van der Waals surface area contributed by atoms with Crippen molar-refractivity contribution >= 4 is 28.6 Å². The molecule has 0 spiro atoms. The number of ether oxygens (including phenoxy) is 1. The molecule has 0 saturated carbocycles. The lowest BCUT2D eigenvalue weighted by Gasteiger charge is -2.09. The summed E-state index contributed by atoms with van der Waals surface area (Å²) in [6.07, 6.45) is 3.06. The quantitative estimate of drug-likeness (QED) is 0.474. The summed E-state index contributed by atoms with van der Waals surface area (Å²) in [6, 6.07) is 11.4. The Labute approximate surface area is 179 Å². The highest BCUT2D eigenvalue weighted by Crippen LogP contribution is 2.22. The van der Waals surface area contributed by atoms with Crippen LogP contribution in [0, 0.1) is 13.8 Å². The van der Waals surface area contributed by atoms with Crippen LogP contribution in [0.5, 0.6) is 0 Å². The Morgan fingerprint density at radius 3 is 2.58 bits per heavy atom. The van der Waals surface area contributed by atoms with Crippen LogP contribution >= 0.6 is 0 Å². The molecule has 158 valence electrons. The first-order valence-corrected chi connectivity index (χ1v) is 9.95. The number of nitrogens with one attached hydrogen (secondary N) is 2. The first kappa shape index (κ1) is 20.3. The van der Waals surface area contributed by atoms with E-state index >= 15 is 0 Å². The third-order valence-electron chi connectivity index (χ3n) is 4.92. The largest absolute Gasteiger partial charge is 0.459 e. The summed E-state index contributed by atoms with van der Waals surface area (Å²) in [5, 5.41) is 2.82. The number of nitrogens with zero attached hydrogens (tertiary/aromatic N) is 3. The van der Waals surface area contributed by atoms with Crippen LogP contribution in [0.3, 0.4) is 0 Å². The van der Waals surface area contributed by atoms with Crippen LogP contribution in [0.1, 0.15) is 46.0 Å². The maximum atomic E-state index is 12.8. The highest BCUT2D eigenvalue weighted by atomic mass is 16.5. The Hall–Kier alpha value is -3.94. The van der Waals surface area contributed by atoms with Gasteiger partial charge < -0.3 is 15.0 Å². The maximum Gasteiger partial charge on any atom is 0.340 e. The fourth-order valence-electron chi connectivity index (χ4n) is 3.49. The molecule has 1 amide bonds. The molecular weight excluding hydrogens is 394 g/mol. The number of hydrogen-bond acceptors (Lipinski definition) is 5. The fourth-order valence-corrected chi connectivity index (χ4v) is 3.49. The number of amides is 1. The zero-order chi connectivity index (χ0) is 22.1. The van der Waals surface area contributed by atoms with Gasteiger partial charge in [0.15, 0.2) is 0 Å². The molecule has 2 N–H and O–H groups in total. The van der Waals surface area contributed by atoms with E-state index in [2.05, 4.69) is 20.3 Å². The van der Waals surface area contributed by atoms with Gasteiger partial charge in [0.05, 0.1) is 34.6 Å². The number of fused-ring (bicyclic) bond motifs is 1. The molecule has 0 unspecified atom stereocenters. The average molecular weight is 417 g/mol. The summed E-state index contributed by atoms with van der Waals surface area (Å²) < 4.78 is 7.16. The Morgan fingerprint density at radius 1 is 1.10 bits per heavy atom. The lowest BCUT2D eigenvalue weighted by Crippen LogP contribution is -2.15. The van der Waals surface area contributed by atoms with E-state index in [9.17, 15) is 9.59 Å². The summed E-state index contributed by atoms with van der Waals surface area (Å²) in [5.41, 5.74) is 4.22. The van der Waals surface area contributed by atoms with Crippen LogP contribution in [-0.2, 0) is 4.74 Å². The third kappa shape index (κ3) is 3.92. The molecule has 4 rings (SSSR count). The van der Waals surface area contributed by atoms with Gasteiger partial charge >= 0.3 is 5.97 Å². The lowest BCUT2D eigenvalue weighted by molar-refractivity contribution is 0.0376.